The number of carbonyl (C=O) groups excluding carboxylic acids is 2. The molecular weight excluding hydrogens is 423 g/mol. The fourth-order valence-electron chi connectivity index (χ4n) is 3.70. The molecule has 0 radical (unpaired) electrons. The summed E-state index contributed by atoms with van der Waals surface area (Å²) in [4.78, 5) is 39.3. The van der Waals surface area contributed by atoms with Crippen molar-refractivity contribution in [1.82, 2.24) is 9.47 Å². The summed E-state index contributed by atoms with van der Waals surface area (Å²) in [6.45, 7) is 2.03. The second-order valence-corrected chi connectivity index (χ2v) is 7.25. The summed E-state index contributed by atoms with van der Waals surface area (Å²) in [7, 11) is 0. The molecule has 11 heteroatoms. The molecule has 2 amide bonds. The molecule has 4 rings (SSSR count). The maximum absolute atomic E-state index is 13.7. The van der Waals surface area contributed by atoms with Crippen molar-refractivity contribution in [2.75, 3.05) is 6.61 Å². The van der Waals surface area contributed by atoms with Crippen molar-refractivity contribution in [3.05, 3.63) is 68.4 Å². The van der Waals surface area contributed by atoms with Crippen LogP contribution in [0, 0.1) is 11.6 Å². The molecular formula is C20H18F2N3NaO5. The van der Waals surface area contributed by atoms with Gasteiger partial charge in [0.25, 0.3) is 5.91 Å². The van der Waals surface area contributed by atoms with Gasteiger partial charge in [-0.05, 0) is 25.0 Å². The first kappa shape index (κ1) is 23.4. The Morgan fingerprint density at radius 3 is 2.77 bits per heavy atom. The van der Waals surface area contributed by atoms with E-state index >= 15 is 0 Å². The van der Waals surface area contributed by atoms with Crippen LogP contribution in [0.3, 0.4) is 0 Å². The molecule has 1 saturated heterocycles. The van der Waals surface area contributed by atoms with E-state index in [9.17, 15) is 28.3 Å². The van der Waals surface area contributed by atoms with Crippen molar-refractivity contribution < 1.29 is 57.8 Å². The first-order valence-electron chi connectivity index (χ1n) is 9.34. The van der Waals surface area contributed by atoms with E-state index in [1.165, 1.54) is 9.47 Å². The van der Waals surface area contributed by atoms with Gasteiger partial charge in [-0.3, -0.25) is 9.59 Å². The number of rotatable bonds is 3. The minimum absolute atomic E-state index is 0. The van der Waals surface area contributed by atoms with Gasteiger partial charge in [0.1, 0.15) is 11.6 Å². The van der Waals surface area contributed by atoms with Crippen LogP contribution < -0.4 is 35.0 Å². The van der Waals surface area contributed by atoms with Gasteiger partial charge < -0.3 is 29.4 Å². The first-order valence-corrected chi connectivity index (χ1v) is 9.34. The number of carbonyl (C=O) groups is 2. The standard InChI is InChI=1S/C20H19F2N3O5.Na/c1-10-4-5-30-15-9-24-8-13(17(26)18(27)16(24)20(29)25(10)15)19(28)23-7-11-2-3-12(21)6-14(11)22;/h2-3,6,8,10,15H,4-5,7,9H2,1H3,(H2,23,27,28,29);/q;+1/p-1/t10-,15+;/m1./s1. The van der Waals surface area contributed by atoms with Gasteiger partial charge in [0, 0.05) is 18.3 Å². The normalized spacial score (nSPS) is 19.8. The first-order chi connectivity index (χ1) is 14.3. The summed E-state index contributed by atoms with van der Waals surface area (Å²) in [5.74, 6) is -4.02. The van der Waals surface area contributed by atoms with E-state index in [0.29, 0.717) is 19.1 Å². The molecule has 0 saturated carbocycles. The summed E-state index contributed by atoms with van der Waals surface area (Å²) >= 11 is 0. The van der Waals surface area contributed by atoms with Gasteiger partial charge in [-0.2, -0.15) is 0 Å². The van der Waals surface area contributed by atoms with E-state index in [2.05, 4.69) is 5.32 Å². The Kier molecular flexibility index (Phi) is 6.85. The van der Waals surface area contributed by atoms with Crippen molar-refractivity contribution >= 4 is 11.8 Å². The van der Waals surface area contributed by atoms with Crippen LogP contribution >= 0.6 is 0 Å². The SMILES string of the molecule is C[C@@H]1CCO[C@H]2Cn3cc(C(=O)[N-]Cc4ccc(F)cc4F)c(=O)c(O)c3C(=O)N12.[Na+]. The molecule has 2 aliphatic heterocycles. The molecule has 3 heterocycles. The van der Waals surface area contributed by atoms with Crippen molar-refractivity contribution in [3.8, 4) is 5.75 Å². The van der Waals surface area contributed by atoms with Crippen LogP contribution in [0.5, 0.6) is 5.75 Å². The third kappa shape index (κ3) is 4.25. The van der Waals surface area contributed by atoms with Gasteiger partial charge in [0.2, 0.25) is 5.43 Å². The number of nitrogens with zero attached hydrogens (tertiary/aromatic N) is 3. The number of hydrogen-bond donors (Lipinski definition) is 1. The number of pyridine rings is 1. The number of amides is 2. The summed E-state index contributed by atoms with van der Waals surface area (Å²) in [5, 5.41) is 14.0. The van der Waals surface area contributed by atoms with Crippen LogP contribution in [0.2, 0.25) is 0 Å². The Balaban J connectivity index is 0.00000272. The molecule has 0 spiro atoms. The quantitative estimate of drug-likeness (QED) is 0.625. The fraction of sp³-hybridized carbons (Fsp3) is 0.350. The van der Waals surface area contributed by atoms with Crippen molar-refractivity contribution in [1.29, 1.82) is 0 Å². The van der Waals surface area contributed by atoms with E-state index in [1.807, 2.05) is 6.92 Å². The molecule has 2 aliphatic rings. The number of aromatic hydroxyl groups is 1. The summed E-state index contributed by atoms with van der Waals surface area (Å²) < 4.78 is 33.7. The minimum Gasteiger partial charge on any atom is -0.645 e. The summed E-state index contributed by atoms with van der Waals surface area (Å²) in [5.41, 5.74) is -1.73. The molecule has 1 fully saturated rings. The van der Waals surface area contributed by atoms with E-state index < -0.39 is 53.0 Å². The maximum atomic E-state index is 13.7. The second-order valence-electron chi connectivity index (χ2n) is 7.25. The van der Waals surface area contributed by atoms with Gasteiger partial charge in [0.05, 0.1) is 24.6 Å². The molecule has 2 aromatic rings. The van der Waals surface area contributed by atoms with Crippen LogP contribution in [-0.2, 0) is 17.8 Å². The smallest absolute Gasteiger partial charge is 0.645 e. The zero-order chi connectivity index (χ0) is 21.6. The molecule has 0 aliphatic carbocycles. The number of fused-ring (bicyclic) bond motifs is 2. The zero-order valence-electron chi connectivity index (χ0n) is 17.0. The molecule has 2 atom stereocenters. The Bertz CT molecular complexity index is 1110. The predicted octanol–water partition coefficient (Wildman–Crippen LogP) is -0.859. The average Bonchev–Trinajstić information content (AvgIpc) is 2.69. The van der Waals surface area contributed by atoms with Crippen LogP contribution in [-0.4, -0.2) is 45.3 Å². The van der Waals surface area contributed by atoms with Crippen LogP contribution in [0.25, 0.3) is 5.32 Å². The third-order valence-electron chi connectivity index (χ3n) is 5.32. The molecule has 8 nitrogen and oxygen atoms in total. The zero-order valence-corrected chi connectivity index (χ0v) is 19.0. The van der Waals surface area contributed by atoms with Crippen LogP contribution in [0.1, 0.15) is 39.8 Å². The Morgan fingerprint density at radius 1 is 1.32 bits per heavy atom. The average molecular weight is 441 g/mol. The molecule has 1 aromatic carbocycles. The minimum atomic E-state index is -1.04. The monoisotopic (exact) mass is 441 g/mol. The number of aromatic nitrogens is 1. The topological polar surface area (TPSA) is 103 Å². The number of ether oxygens (including phenoxy) is 1. The van der Waals surface area contributed by atoms with E-state index in [-0.39, 0.29) is 53.4 Å². The van der Waals surface area contributed by atoms with Crippen molar-refractivity contribution in [3.63, 3.8) is 0 Å². The molecule has 31 heavy (non-hydrogen) atoms. The van der Waals surface area contributed by atoms with Gasteiger partial charge in [-0.25, -0.2) is 8.78 Å². The van der Waals surface area contributed by atoms with Gasteiger partial charge >= 0.3 is 29.6 Å². The number of halogens is 2. The molecule has 1 aromatic heterocycles. The maximum Gasteiger partial charge on any atom is 1.00 e. The van der Waals surface area contributed by atoms with Crippen LogP contribution in [0.4, 0.5) is 8.78 Å². The molecule has 158 valence electrons. The summed E-state index contributed by atoms with van der Waals surface area (Å²) in [6.07, 6.45) is 1.20. The predicted molar refractivity (Wildman–Crippen MR) is 100 cm³/mol. The largest absolute Gasteiger partial charge is 1.00 e. The van der Waals surface area contributed by atoms with E-state index in [4.69, 9.17) is 4.74 Å². The Hall–Kier alpha value is -2.27. The van der Waals surface area contributed by atoms with E-state index in [1.54, 1.807) is 0 Å². The summed E-state index contributed by atoms with van der Waals surface area (Å²) in [6, 6.07) is 2.72. The molecule has 0 bridgehead atoms. The van der Waals surface area contributed by atoms with Gasteiger partial charge in [-0.1, -0.05) is 12.6 Å². The Morgan fingerprint density at radius 2 is 2.06 bits per heavy atom. The fourth-order valence-corrected chi connectivity index (χ4v) is 3.70. The molecule has 1 N–H and O–H groups in total. The van der Waals surface area contributed by atoms with E-state index in [0.717, 1.165) is 18.3 Å². The van der Waals surface area contributed by atoms with Crippen molar-refractivity contribution in [2.45, 2.75) is 38.7 Å². The van der Waals surface area contributed by atoms with Crippen LogP contribution in [0.15, 0.2) is 29.2 Å². The van der Waals surface area contributed by atoms with Gasteiger partial charge in [0.15, 0.2) is 17.7 Å². The number of benzene rings is 1. The van der Waals surface area contributed by atoms with Gasteiger partial charge in [-0.15, -0.1) is 0 Å². The Labute approximate surface area is 198 Å². The third-order valence-corrected chi connectivity index (χ3v) is 5.32. The molecule has 0 unspecified atom stereocenters. The number of hydrogen-bond acceptors (Lipinski definition) is 5. The second kappa shape index (κ2) is 9.07. The van der Waals surface area contributed by atoms with Crippen molar-refractivity contribution in [2.24, 2.45) is 0 Å².